The minimum atomic E-state index is -1.26. The molecule has 0 spiro atoms. The summed E-state index contributed by atoms with van der Waals surface area (Å²) >= 11 is 0. The van der Waals surface area contributed by atoms with Crippen molar-refractivity contribution in [1.82, 2.24) is 20.9 Å². The molecule has 4 atom stereocenters. The number of amides is 3. The topological polar surface area (TPSA) is 251 Å². The van der Waals surface area contributed by atoms with Gasteiger partial charge in [0.2, 0.25) is 17.7 Å². The molecule has 12 N–H and O–H groups in total. The van der Waals surface area contributed by atoms with E-state index in [1.54, 1.807) is 6.20 Å². The quantitative estimate of drug-likeness (QED) is 0.0735. The van der Waals surface area contributed by atoms with E-state index >= 15 is 0 Å². The van der Waals surface area contributed by atoms with Crippen LogP contribution in [0.25, 0.3) is 10.9 Å². The Balaban J connectivity index is 2.20. The van der Waals surface area contributed by atoms with Crippen molar-refractivity contribution in [2.75, 3.05) is 13.2 Å². The van der Waals surface area contributed by atoms with E-state index in [0.29, 0.717) is 6.42 Å². The van der Waals surface area contributed by atoms with Crippen LogP contribution in [0.3, 0.4) is 0 Å². The van der Waals surface area contributed by atoms with E-state index in [-0.39, 0.29) is 25.3 Å². The Labute approximate surface area is 213 Å². The lowest BCUT2D eigenvalue weighted by atomic mass is 10.0. The summed E-state index contributed by atoms with van der Waals surface area (Å²) in [6.45, 7) is 0.970. The van der Waals surface area contributed by atoms with Crippen LogP contribution in [-0.2, 0) is 25.6 Å². The second kappa shape index (κ2) is 13.8. The van der Waals surface area contributed by atoms with Gasteiger partial charge in [-0.25, -0.2) is 4.79 Å². The number of aromatic amines is 1. The molecule has 0 radical (unpaired) electrons. The van der Waals surface area contributed by atoms with Crippen molar-refractivity contribution >= 4 is 40.6 Å². The number of hydrogen-bond acceptors (Lipinski definition) is 7. The van der Waals surface area contributed by atoms with Crippen molar-refractivity contribution in [1.29, 1.82) is 0 Å². The van der Waals surface area contributed by atoms with Crippen molar-refractivity contribution < 1.29 is 29.4 Å². The van der Waals surface area contributed by atoms with Gasteiger partial charge in [-0.3, -0.25) is 19.4 Å². The number of guanidine groups is 1. The lowest BCUT2D eigenvalue weighted by molar-refractivity contribution is -0.142. The fourth-order valence-electron chi connectivity index (χ4n) is 3.53. The van der Waals surface area contributed by atoms with Gasteiger partial charge in [-0.2, -0.15) is 0 Å². The van der Waals surface area contributed by atoms with Crippen LogP contribution in [0.4, 0.5) is 0 Å². The number of nitrogens with two attached hydrogens (primary N) is 3. The summed E-state index contributed by atoms with van der Waals surface area (Å²) < 4.78 is 0. The predicted molar refractivity (Wildman–Crippen MR) is 136 cm³/mol. The average molecular weight is 519 g/mol. The van der Waals surface area contributed by atoms with Gasteiger partial charge < -0.3 is 48.3 Å². The van der Waals surface area contributed by atoms with Gasteiger partial charge in [-0.1, -0.05) is 18.2 Å². The third kappa shape index (κ3) is 8.77. The number of rotatable bonds is 14. The first-order valence-electron chi connectivity index (χ1n) is 11.6. The van der Waals surface area contributed by atoms with E-state index in [9.17, 15) is 24.3 Å². The van der Waals surface area contributed by atoms with E-state index in [1.807, 2.05) is 24.3 Å². The number of fused-ring (bicyclic) bond motifs is 1. The van der Waals surface area contributed by atoms with E-state index in [4.69, 9.17) is 22.3 Å². The molecule has 1 heterocycles. The van der Waals surface area contributed by atoms with Gasteiger partial charge >= 0.3 is 5.97 Å². The minimum Gasteiger partial charge on any atom is -0.480 e. The number of aromatic nitrogens is 1. The number of nitrogens with zero attached hydrogens (tertiary/aromatic N) is 1. The lowest BCUT2D eigenvalue weighted by Crippen LogP contribution is -2.57. The molecule has 0 fully saturated rings. The highest BCUT2D eigenvalue weighted by molar-refractivity contribution is 5.94. The molecule has 37 heavy (non-hydrogen) atoms. The van der Waals surface area contributed by atoms with Crippen molar-refractivity contribution in [3.05, 3.63) is 36.0 Å². The first kappa shape index (κ1) is 29.1. The number of carbonyl (C=O) groups is 4. The molecule has 1 aromatic heterocycles. The number of para-hydroxylation sites is 1. The Kier molecular flexibility index (Phi) is 10.8. The van der Waals surface area contributed by atoms with Crippen molar-refractivity contribution in [2.24, 2.45) is 22.2 Å². The van der Waals surface area contributed by atoms with Crippen molar-refractivity contribution in [2.45, 2.75) is 50.4 Å². The van der Waals surface area contributed by atoms with Crippen LogP contribution in [0.1, 0.15) is 25.3 Å². The Bertz CT molecular complexity index is 1130. The molecule has 0 aliphatic rings. The van der Waals surface area contributed by atoms with E-state index in [2.05, 4.69) is 25.9 Å². The van der Waals surface area contributed by atoms with E-state index < -0.39 is 54.5 Å². The van der Waals surface area contributed by atoms with Crippen LogP contribution in [-0.4, -0.2) is 82.2 Å². The number of aliphatic hydroxyl groups is 1. The molecule has 14 nitrogen and oxygen atoms in total. The Morgan fingerprint density at radius 3 is 2.35 bits per heavy atom. The molecular weight excluding hydrogens is 484 g/mol. The molecule has 0 saturated heterocycles. The van der Waals surface area contributed by atoms with Crippen molar-refractivity contribution in [3.63, 3.8) is 0 Å². The third-order valence-electron chi connectivity index (χ3n) is 5.58. The second-order valence-corrected chi connectivity index (χ2v) is 8.49. The molecule has 0 aliphatic heterocycles. The molecular formula is C23H34N8O6. The Morgan fingerprint density at radius 2 is 1.70 bits per heavy atom. The zero-order valence-corrected chi connectivity index (χ0v) is 20.4. The van der Waals surface area contributed by atoms with Crippen LogP contribution < -0.4 is 33.2 Å². The van der Waals surface area contributed by atoms with Crippen LogP contribution in [0.5, 0.6) is 0 Å². The maximum absolute atomic E-state index is 13.2. The smallest absolute Gasteiger partial charge is 0.326 e. The van der Waals surface area contributed by atoms with Crippen LogP contribution >= 0.6 is 0 Å². The normalized spacial score (nSPS) is 14.1. The van der Waals surface area contributed by atoms with Crippen molar-refractivity contribution in [3.8, 4) is 0 Å². The zero-order valence-electron chi connectivity index (χ0n) is 20.4. The first-order valence-corrected chi connectivity index (χ1v) is 11.6. The Hall–Kier alpha value is -4.17. The number of carboxylic acid groups (broad SMARTS) is 1. The number of nitrogens with one attached hydrogen (secondary N) is 4. The summed E-state index contributed by atoms with van der Waals surface area (Å²) in [4.78, 5) is 56.6. The van der Waals surface area contributed by atoms with Crippen LogP contribution in [0, 0.1) is 0 Å². The predicted octanol–water partition coefficient (Wildman–Crippen LogP) is -2.36. The minimum absolute atomic E-state index is 0.0404. The highest BCUT2D eigenvalue weighted by atomic mass is 16.4. The van der Waals surface area contributed by atoms with Gasteiger partial charge in [0.1, 0.15) is 24.2 Å². The second-order valence-electron chi connectivity index (χ2n) is 8.49. The monoisotopic (exact) mass is 518 g/mol. The standard InChI is InChI=1S/C23H34N8O6/c1-12(29-20(34)15(24)11-32)19(33)31-18(9-13-10-28-16-6-3-2-5-14(13)16)21(35)30-17(22(36)37)7-4-8-27-23(25)26/h2-3,5-6,10,12,15,17-18,28,32H,4,7-9,11,24H2,1H3,(H,29,34)(H,30,35)(H,31,33)(H,36,37)(H4,25,26,27). The molecule has 0 bridgehead atoms. The number of carbonyl (C=O) groups excluding carboxylic acids is 3. The molecule has 4 unspecified atom stereocenters. The maximum Gasteiger partial charge on any atom is 0.326 e. The Morgan fingerprint density at radius 1 is 1.03 bits per heavy atom. The summed E-state index contributed by atoms with van der Waals surface area (Å²) in [5, 5.41) is 26.8. The highest BCUT2D eigenvalue weighted by Crippen LogP contribution is 2.19. The molecule has 2 aromatic rings. The van der Waals surface area contributed by atoms with Gasteiger partial charge in [-0.15, -0.1) is 0 Å². The fourth-order valence-corrected chi connectivity index (χ4v) is 3.53. The fraction of sp³-hybridized carbons (Fsp3) is 0.435. The molecule has 1 aromatic carbocycles. The number of benzene rings is 1. The highest BCUT2D eigenvalue weighted by Gasteiger charge is 2.29. The lowest BCUT2D eigenvalue weighted by Gasteiger charge is -2.23. The SMILES string of the molecule is CC(NC(=O)C(N)CO)C(=O)NC(Cc1c[nH]c2ccccc12)C(=O)NC(CCCN=C(N)N)C(=O)O. The molecule has 3 amide bonds. The van der Waals surface area contributed by atoms with E-state index in [1.165, 1.54) is 6.92 Å². The average Bonchev–Trinajstić information content (AvgIpc) is 3.27. The van der Waals surface area contributed by atoms with Crippen LogP contribution in [0.2, 0.25) is 0 Å². The zero-order chi connectivity index (χ0) is 27.5. The van der Waals surface area contributed by atoms with Crippen LogP contribution in [0.15, 0.2) is 35.5 Å². The van der Waals surface area contributed by atoms with Gasteiger partial charge in [-0.05, 0) is 31.4 Å². The van der Waals surface area contributed by atoms with E-state index in [0.717, 1.165) is 16.5 Å². The van der Waals surface area contributed by atoms with Gasteiger partial charge in [0.05, 0.1) is 6.61 Å². The maximum atomic E-state index is 13.2. The summed E-state index contributed by atoms with van der Waals surface area (Å²) in [5.74, 6) is -3.54. The molecule has 0 aliphatic carbocycles. The number of aliphatic hydroxyl groups excluding tert-OH is 1. The summed E-state index contributed by atoms with van der Waals surface area (Å²) in [7, 11) is 0. The number of hydrogen-bond donors (Lipinski definition) is 9. The van der Waals surface area contributed by atoms with Gasteiger partial charge in [0, 0.05) is 30.1 Å². The molecule has 202 valence electrons. The third-order valence-corrected chi connectivity index (χ3v) is 5.58. The summed E-state index contributed by atoms with van der Waals surface area (Å²) in [5.41, 5.74) is 17.6. The molecule has 2 rings (SSSR count). The summed E-state index contributed by atoms with van der Waals surface area (Å²) in [6, 6.07) is 2.66. The summed E-state index contributed by atoms with van der Waals surface area (Å²) in [6.07, 6.45) is 2.09. The first-order chi connectivity index (χ1) is 17.5. The number of H-pyrrole nitrogens is 1. The number of aliphatic imine (C=N–C) groups is 1. The number of aliphatic carboxylic acids is 1. The molecule has 14 heteroatoms. The number of carboxylic acids is 1. The van der Waals surface area contributed by atoms with Gasteiger partial charge in [0.25, 0.3) is 0 Å². The largest absolute Gasteiger partial charge is 0.480 e. The molecule has 0 saturated carbocycles. The van der Waals surface area contributed by atoms with Gasteiger partial charge in [0.15, 0.2) is 5.96 Å².